The normalized spacial score (nSPS) is 10.7. The van der Waals surface area contributed by atoms with Gasteiger partial charge in [0.25, 0.3) is 0 Å². The molecule has 2 rings (SSSR count). The lowest BCUT2D eigenvalue weighted by atomic mass is 10.2. The van der Waals surface area contributed by atoms with E-state index in [0.29, 0.717) is 16.0 Å². The lowest BCUT2D eigenvalue weighted by Gasteiger charge is -2.10. The molecule has 5 nitrogen and oxygen atoms in total. The molecule has 1 aromatic carbocycles. The van der Waals surface area contributed by atoms with Crippen molar-refractivity contribution in [2.75, 3.05) is 5.73 Å². The quantitative estimate of drug-likeness (QED) is 0.832. The molecule has 0 bridgehead atoms. The van der Waals surface area contributed by atoms with E-state index in [4.69, 9.17) is 29.6 Å². The highest BCUT2D eigenvalue weighted by atomic mass is 35.5. The highest BCUT2D eigenvalue weighted by Crippen LogP contribution is 2.19. The van der Waals surface area contributed by atoms with E-state index in [-0.39, 0.29) is 12.0 Å². The van der Waals surface area contributed by atoms with Crippen LogP contribution in [0.4, 0.5) is 5.95 Å². The summed E-state index contributed by atoms with van der Waals surface area (Å²) >= 11 is 11.1. The largest absolute Gasteiger partial charge is 0.368 e. The summed E-state index contributed by atoms with van der Waals surface area (Å²) in [6.07, 6.45) is 0. The Balaban J connectivity index is 2.30. The number of anilines is 1. The number of nitrogens with one attached hydrogen (secondary N) is 1. The van der Waals surface area contributed by atoms with Crippen molar-refractivity contribution in [3.05, 3.63) is 29.3 Å². The van der Waals surface area contributed by atoms with Gasteiger partial charge >= 0.3 is 0 Å². The second kappa shape index (κ2) is 5.54. The summed E-state index contributed by atoms with van der Waals surface area (Å²) in [6, 6.07) is 7.42. The number of hydrogen-bond donors (Lipinski definition) is 2. The maximum absolute atomic E-state index is 5.84. The first kappa shape index (κ1) is 13.8. The van der Waals surface area contributed by atoms with Crippen LogP contribution in [-0.4, -0.2) is 25.9 Å². The van der Waals surface area contributed by atoms with Crippen LogP contribution in [0.1, 0.15) is 13.8 Å². The second-order valence-electron chi connectivity index (χ2n) is 4.32. The molecular formula is C12H14ClN5S. The van der Waals surface area contributed by atoms with Crippen LogP contribution >= 0.6 is 23.8 Å². The third kappa shape index (κ3) is 3.21. The van der Waals surface area contributed by atoms with Gasteiger partial charge in [-0.1, -0.05) is 11.6 Å². The lowest BCUT2D eigenvalue weighted by Crippen LogP contribution is -2.35. The third-order valence-electron chi connectivity index (χ3n) is 2.34. The van der Waals surface area contributed by atoms with Crippen molar-refractivity contribution in [1.29, 1.82) is 0 Å². The van der Waals surface area contributed by atoms with E-state index >= 15 is 0 Å². The van der Waals surface area contributed by atoms with E-state index in [2.05, 4.69) is 15.4 Å². The van der Waals surface area contributed by atoms with Gasteiger partial charge in [-0.05, 0) is 50.3 Å². The lowest BCUT2D eigenvalue weighted by molar-refractivity contribution is 0.713. The molecule has 0 aliphatic rings. The minimum absolute atomic E-state index is 0.204. The smallest absolute Gasteiger partial charge is 0.226 e. The van der Waals surface area contributed by atoms with Crippen molar-refractivity contribution in [2.24, 2.45) is 0 Å². The highest BCUT2D eigenvalue weighted by molar-refractivity contribution is 7.80. The Hall–Kier alpha value is -1.66. The molecule has 0 atom stereocenters. The Morgan fingerprint density at radius 1 is 1.37 bits per heavy atom. The molecule has 0 aliphatic carbocycles. The van der Waals surface area contributed by atoms with Crippen LogP contribution in [-0.2, 0) is 0 Å². The van der Waals surface area contributed by atoms with Gasteiger partial charge in [0.05, 0.1) is 0 Å². The molecule has 1 heterocycles. The highest BCUT2D eigenvalue weighted by Gasteiger charge is 2.12. The van der Waals surface area contributed by atoms with Gasteiger partial charge in [0, 0.05) is 16.6 Å². The molecule has 0 unspecified atom stereocenters. The summed E-state index contributed by atoms with van der Waals surface area (Å²) in [7, 11) is 0. The fourth-order valence-electron chi connectivity index (χ4n) is 1.50. The monoisotopic (exact) mass is 295 g/mol. The van der Waals surface area contributed by atoms with Crippen molar-refractivity contribution in [3.8, 4) is 11.4 Å². The van der Waals surface area contributed by atoms with Crippen LogP contribution in [0.2, 0.25) is 5.02 Å². The molecule has 19 heavy (non-hydrogen) atoms. The Morgan fingerprint density at radius 3 is 2.58 bits per heavy atom. The molecule has 0 fully saturated rings. The van der Waals surface area contributed by atoms with Gasteiger partial charge in [-0.15, -0.1) is 5.10 Å². The maximum atomic E-state index is 5.84. The summed E-state index contributed by atoms with van der Waals surface area (Å²) < 4.78 is 1.42. The average molecular weight is 296 g/mol. The number of nitrogen functional groups attached to an aromatic ring is 1. The summed E-state index contributed by atoms with van der Waals surface area (Å²) in [5.74, 6) is 0.769. The fourth-order valence-corrected chi connectivity index (χ4v) is 2.00. The number of nitrogens with zero attached hydrogens (tertiary/aromatic N) is 3. The Bertz CT molecular complexity index is 591. The van der Waals surface area contributed by atoms with E-state index in [9.17, 15) is 0 Å². The minimum atomic E-state index is 0.204. The molecule has 0 amide bonds. The van der Waals surface area contributed by atoms with E-state index < -0.39 is 0 Å². The second-order valence-corrected chi connectivity index (χ2v) is 5.14. The first-order valence-corrected chi connectivity index (χ1v) is 6.55. The van der Waals surface area contributed by atoms with Gasteiger partial charge in [0.1, 0.15) is 0 Å². The molecule has 0 saturated heterocycles. The zero-order chi connectivity index (χ0) is 14.0. The van der Waals surface area contributed by atoms with E-state index in [0.717, 1.165) is 5.56 Å². The van der Waals surface area contributed by atoms with Gasteiger partial charge < -0.3 is 11.1 Å². The van der Waals surface area contributed by atoms with Crippen molar-refractivity contribution in [2.45, 2.75) is 19.9 Å². The molecule has 0 aliphatic heterocycles. The topological polar surface area (TPSA) is 68.8 Å². The van der Waals surface area contributed by atoms with Gasteiger partial charge in [0.15, 0.2) is 10.9 Å². The molecule has 0 saturated carbocycles. The molecule has 7 heteroatoms. The molecule has 1 aromatic heterocycles. The summed E-state index contributed by atoms with van der Waals surface area (Å²) in [6.45, 7) is 3.97. The predicted molar refractivity (Wildman–Crippen MR) is 81.1 cm³/mol. The molecule has 3 N–H and O–H groups in total. The first-order chi connectivity index (χ1) is 8.97. The summed E-state index contributed by atoms with van der Waals surface area (Å²) in [5.41, 5.74) is 6.66. The van der Waals surface area contributed by atoms with Crippen LogP contribution in [0.15, 0.2) is 24.3 Å². The summed E-state index contributed by atoms with van der Waals surface area (Å²) in [5, 5.41) is 8.45. The van der Waals surface area contributed by atoms with Gasteiger partial charge in [0.2, 0.25) is 5.95 Å². The van der Waals surface area contributed by atoms with Crippen LogP contribution in [0.3, 0.4) is 0 Å². The predicted octanol–water partition coefficient (Wildman–Crippen LogP) is 2.31. The number of halogens is 1. The average Bonchev–Trinajstić information content (AvgIpc) is 2.71. The third-order valence-corrected chi connectivity index (χ3v) is 2.88. The van der Waals surface area contributed by atoms with Crippen molar-refractivity contribution < 1.29 is 0 Å². The SMILES string of the molecule is CC(C)NC(=S)n1nc(-c2ccc(Cl)cc2)nc1N. The Kier molecular flexibility index (Phi) is 4.01. The molecular weight excluding hydrogens is 282 g/mol. The van der Waals surface area contributed by atoms with Gasteiger partial charge in [-0.3, -0.25) is 0 Å². The van der Waals surface area contributed by atoms with Crippen LogP contribution < -0.4 is 11.1 Å². The van der Waals surface area contributed by atoms with Crippen LogP contribution in [0.5, 0.6) is 0 Å². The zero-order valence-electron chi connectivity index (χ0n) is 10.6. The van der Waals surface area contributed by atoms with Gasteiger partial charge in [-0.25, -0.2) is 0 Å². The Labute approximate surface area is 121 Å². The number of benzene rings is 1. The molecule has 0 radical (unpaired) electrons. The van der Waals surface area contributed by atoms with E-state index in [1.807, 2.05) is 26.0 Å². The number of hydrogen-bond acceptors (Lipinski definition) is 4. The number of rotatable bonds is 2. The standard InChI is InChI=1S/C12H14ClN5S/c1-7(2)15-12(19)18-11(14)16-10(17-18)8-3-5-9(13)6-4-8/h3-7H,1-2H3,(H,15,19)(H2,14,16,17). The number of thiocarbonyl (C=S) groups is 1. The Morgan fingerprint density at radius 2 is 2.00 bits per heavy atom. The molecule has 2 aromatic rings. The van der Waals surface area contributed by atoms with E-state index in [1.54, 1.807) is 12.1 Å². The number of aromatic nitrogens is 3. The first-order valence-electron chi connectivity index (χ1n) is 5.76. The minimum Gasteiger partial charge on any atom is -0.368 e. The number of nitrogens with two attached hydrogens (primary N) is 1. The van der Waals surface area contributed by atoms with Crippen LogP contribution in [0, 0.1) is 0 Å². The zero-order valence-corrected chi connectivity index (χ0v) is 12.2. The van der Waals surface area contributed by atoms with Crippen molar-refractivity contribution >= 4 is 34.9 Å². The molecule has 0 spiro atoms. The van der Waals surface area contributed by atoms with Crippen LogP contribution in [0.25, 0.3) is 11.4 Å². The maximum Gasteiger partial charge on any atom is 0.226 e. The van der Waals surface area contributed by atoms with Crippen molar-refractivity contribution in [1.82, 2.24) is 20.1 Å². The van der Waals surface area contributed by atoms with E-state index in [1.165, 1.54) is 4.68 Å². The van der Waals surface area contributed by atoms with Crippen molar-refractivity contribution in [3.63, 3.8) is 0 Å². The summed E-state index contributed by atoms with van der Waals surface area (Å²) in [4.78, 5) is 4.20. The van der Waals surface area contributed by atoms with Gasteiger partial charge in [-0.2, -0.15) is 9.67 Å². The molecule has 100 valence electrons. The fraction of sp³-hybridized carbons (Fsp3) is 0.250.